The van der Waals surface area contributed by atoms with Crippen molar-refractivity contribution in [3.8, 4) is 0 Å². The van der Waals surface area contributed by atoms with Gasteiger partial charge in [0, 0.05) is 18.6 Å². The summed E-state index contributed by atoms with van der Waals surface area (Å²) >= 11 is 0. The minimum Gasteiger partial charge on any atom is -0.396 e. The standard InChI is InChI=1S/C14H20N4O3/c1-9-13-12(18-14(15)17-9)4-10(2-3-16-13)7-21-8-11(5-19)6-20/h3-4,11,19-20H,1-2,5-8H2,(H3,15,17,18). The van der Waals surface area contributed by atoms with Crippen molar-refractivity contribution in [3.63, 3.8) is 0 Å². The predicted molar refractivity (Wildman–Crippen MR) is 80.6 cm³/mol. The molecule has 2 heterocycles. The summed E-state index contributed by atoms with van der Waals surface area (Å²) in [6.07, 6.45) is 4.30. The van der Waals surface area contributed by atoms with Crippen LogP contribution in [0, 0.1) is 5.92 Å². The van der Waals surface area contributed by atoms with Crippen molar-refractivity contribution in [2.24, 2.45) is 21.6 Å². The molecular formula is C14H20N4O3. The van der Waals surface area contributed by atoms with E-state index in [0.717, 1.165) is 5.57 Å². The fourth-order valence-electron chi connectivity index (χ4n) is 1.95. The van der Waals surface area contributed by atoms with Crippen molar-refractivity contribution in [2.45, 2.75) is 6.42 Å². The van der Waals surface area contributed by atoms with Crippen LogP contribution in [0.5, 0.6) is 0 Å². The van der Waals surface area contributed by atoms with E-state index in [-0.39, 0.29) is 25.1 Å². The zero-order chi connectivity index (χ0) is 15.2. The van der Waals surface area contributed by atoms with E-state index in [2.05, 4.69) is 21.9 Å². The minimum atomic E-state index is -0.257. The molecule has 0 amide bonds. The number of hydrogen-bond donors (Lipinski definition) is 4. The van der Waals surface area contributed by atoms with Crippen molar-refractivity contribution < 1.29 is 14.9 Å². The number of nitrogens with zero attached hydrogens (tertiary/aromatic N) is 2. The van der Waals surface area contributed by atoms with Gasteiger partial charge >= 0.3 is 0 Å². The van der Waals surface area contributed by atoms with E-state index in [0.29, 0.717) is 36.7 Å². The van der Waals surface area contributed by atoms with Crippen molar-refractivity contribution in [1.29, 1.82) is 0 Å². The number of aliphatic imine (C=N–C) groups is 2. The molecule has 2 aliphatic heterocycles. The quantitative estimate of drug-likeness (QED) is 0.534. The Morgan fingerprint density at radius 1 is 1.43 bits per heavy atom. The molecule has 0 spiro atoms. The van der Waals surface area contributed by atoms with Crippen LogP contribution in [-0.2, 0) is 4.74 Å². The molecule has 0 radical (unpaired) electrons. The number of ether oxygens (including phenoxy) is 1. The van der Waals surface area contributed by atoms with Gasteiger partial charge < -0.3 is 26.0 Å². The molecule has 2 rings (SSSR count). The highest BCUT2D eigenvalue weighted by molar-refractivity contribution is 5.84. The maximum absolute atomic E-state index is 8.99. The second-order valence-corrected chi connectivity index (χ2v) is 4.90. The Balaban J connectivity index is 2.04. The van der Waals surface area contributed by atoms with Gasteiger partial charge in [0.15, 0.2) is 5.96 Å². The van der Waals surface area contributed by atoms with Gasteiger partial charge in [0.05, 0.1) is 37.8 Å². The molecule has 0 aromatic rings. The summed E-state index contributed by atoms with van der Waals surface area (Å²) in [6, 6.07) is 0. The Hall–Kier alpha value is -1.96. The smallest absolute Gasteiger partial charge is 0.198 e. The van der Waals surface area contributed by atoms with Crippen molar-refractivity contribution in [3.05, 3.63) is 35.3 Å². The molecule has 21 heavy (non-hydrogen) atoms. The number of nitrogens with one attached hydrogen (secondary N) is 1. The monoisotopic (exact) mass is 292 g/mol. The summed E-state index contributed by atoms with van der Waals surface area (Å²) in [7, 11) is 0. The summed E-state index contributed by atoms with van der Waals surface area (Å²) in [5, 5.41) is 20.8. The molecule has 0 unspecified atom stereocenters. The molecule has 0 aliphatic carbocycles. The van der Waals surface area contributed by atoms with Crippen LogP contribution >= 0.6 is 0 Å². The average Bonchev–Trinajstić information content (AvgIpc) is 2.65. The summed E-state index contributed by atoms with van der Waals surface area (Å²) in [6.45, 7) is 4.35. The highest BCUT2D eigenvalue weighted by Gasteiger charge is 2.17. The number of rotatable bonds is 6. The first-order valence-electron chi connectivity index (χ1n) is 6.70. The minimum absolute atomic E-state index is 0.0986. The number of hydrogen-bond acceptors (Lipinski definition) is 7. The van der Waals surface area contributed by atoms with Gasteiger partial charge in [-0.25, -0.2) is 4.99 Å². The lowest BCUT2D eigenvalue weighted by atomic mass is 10.1. The Labute approximate surface area is 123 Å². The maximum atomic E-state index is 8.99. The van der Waals surface area contributed by atoms with Gasteiger partial charge in [-0.2, -0.15) is 0 Å². The second kappa shape index (κ2) is 7.16. The molecule has 0 aromatic heterocycles. The molecule has 5 N–H and O–H groups in total. The molecule has 7 heteroatoms. The van der Waals surface area contributed by atoms with Crippen LogP contribution < -0.4 is 11.1 Å². The fraction of sp³-hybridized carbons (Fsp3) is 0.429. The van der Waals surface area contributed by atoms with Gasteiger partial charge in [0.25, 0.3) is 0 Å². The number of aliphatic hydroxyl groups is 2. The van der Waals surface area contributed by atoms with Crippen molar-refractivity contribution >= 4 is 12.2 Å². The van der Waals surface area contributed by atoms with Crippen LogP contribution in [0.15, 0.2) is 45.3 Å². The van der Waals surface area contributed by atoms with Gasteiger partial charge in [-0.15, -0.1) is 0 Å². The fourth-order valence-corrected chi connectivity index (χ4v) is 1.95. The van der Waals surface area contributed by atoms with Gasteiger partial charge in [-0.3, -0.25) is 4.99 Å². The van der Waals surface area contributed by atoms with Gasteiger partial charge in [-0.1, -0.05) is 6.58 Å². The van der Waals surface area contributed by atoms with Gasteiger partial charge in [-0.05, 0) is 11.6 Å². The lowest BCUT2D eigenvalue weighted by Crippen LogP contribution is -2.33. The molecule has 0 fully saturated rings. The van der Waals surface area contributed by atoms with Crippen LogP contribution in [-0.4, -0.2) is 48.8 Å². The lowest BCUT2D eigenvalue weighted by molar-refractivity contribution is 0.0543. The molecule has 0 bridgehead atoms. The Bertz CT molecular complexity index is 530. The number of allylic oxidation sites excluding steroid dienone is 1. The summed E-state index contributed by atoms with van der Waals surface area (Å²) in [4.78, 5) is 8.55. The summed E-state index contributed by atoms with van der Waals surface area (Å²) in [5.74, 6) is 0.0279. The zero-order valence-electron chi connectivity index (χ0n) is 11.7. The Morgan fingerprint density at radius 3 is 2.90 bits per heavy atom. The third-order valence-electron chi connectivity index (χ3n) is 3.12. The summed E-state index contributed by atoms with van der Waals surface area (Å²) < 4.78 is 5.52. The highest BCUT2D eigenvalue weighted by atomic mass is 16.5. The second-order valence-electron chi connectivity index (χ2n) is 4.90. The zero-order valence-corrected chi connectivity index (χ0v) is 11.7. The first kappa shape index (κ1) is 15.4. The van der Waals surface area contributed by atoms with Gasteiger partial charge in [0.2, 0.25) is 0 Å². The van der Waals surface area contributed by atoms with E-state index in [1.165, 1.54) is 0 Å². The maximum Gasteiger partial charge on any atom is 0.198 e. The van der Waals surface area contributed by atoms with E-state index in [9.17, 15) is 0 Å². The van der Waals surface area contributed by atoms with Crippen LogP contribution in [0.3, 0.4) is 0 Å². The van der Waals surface area contributed by atoms with Crippen LogP contribution in [0.25, 0.3) is 0 Å². The first-order valence-corrected chi connectivity index (χ1v) is 6.70. The van der Waals surface area contributed by atoms with Crippen molar-refractivity contribution in [2.75, 3.05) is 26.4 Å². The van der Waals surface area contributed by atoms with Gasteiger partial charge in [0.1, 0.15) is 5.70 Å². The van der Waals surface area contributed by atoms with Crippen LogP contribution in [0.4, 0.5) is 0 Å². The Kier molecular flexibility index (Phi) is 5.26. The van der Waals surface area contributed by atoms with E-state index >= 15 is 0 Å². The summed E-state index contributed by atoms with van der Waals surface area (Å²) in [5.41, 5.74) is 8.62. The lowest BCUT2D eigenvalue weighted by Gasteiger charge is -2.16. The topological polar surface area (TPSA) is 112 Å². The molecule has 0 atom stereocenters. The SMILES string of the molecule is C=C1NC(N)=NC2=C1N=CCC(COCC(CO)CO)=C2. The Morgan fingerprint density at radius 2 is 2.19 bits per heavy atom. The number of aliphatic hydroxyl groups excluding tert-OH is 2. The van der Waals surface area contributed by atoms with E-state index in [4.69, 9.17) is 20.7 Å². The third-order valence-corrected chi connectivity index (χ3v) is 3.12. The molecule has 0 saturated carbocycles. The third kappa shape index (κ3) is 4.01. The predicted octanol–water partition coefficient (Wildman–Crippen LogP) is -0.352. The highest BCUT2D eigenvalue weighted by Crippen LogP contribution is 2.23. The molecule has 0 aromatic carbocycles. The van der Waals surface area contributed by atoms with Crippen LogP contribution in [0.2, 0.25) is 0 Å². The molecule has 7 nitrogen and oxygen atoms in total. The largest absolute Gasteiger partial charge is 0.396 e. The normalized spacial score (nSPS) is 18.1. The molecular weight excluding hydrogens is 272 g/mol. The van der Waals surface area contributed by atoms with E-state index < -0.39 is 0 Å². The number of guanidine groups is 1. The molecule has 114 valence electrons. The average molecular weight is 292 g/mol. The first-order chi connectivity index (χ1) is 10.1. The molecule has 0 saturated heterocycles. The van der Waals surface area contributed by atoms with Crippen molar-refractivity contribution in [1.82, 2.24) is 5.32 Å². The van der Waals surface area contributed by atoms with E-state index in [1.54, 1.807) is 6.21 Å². The molecule has 2 aliphatic rings. The number of nitrogens with two attached hydrogens (primary N) is 1. The van der Waals surface area contributed by atoms with E-state index in [1.807, 2.05) is 6.08 Å². The van der Waals surface area contributed by atoms with Crippen LogP contribution in [0.1, 0.15) is 6.42 Å².